The number of hydrogen-bond donors (Lipinski definition) is 0. The lowest BCUT2D eigenvalue weighted by Gasteiger charge is -2.61. The van der Waals surface area contributed by atoms with Crippen LogP contribution in [0, 0.1) is 17.3 Å². The SMILES string of the molecule is C=C(C)C(=O)OC12C[C@@H]3C[C@@H](CC(CC(=O)OC(C)OC4CCCCC4)(C3)C1)C2. The maximum absolute atomic E-state index is 12.8. The van der Waals surface area contributed by atoms with Crippen molar-refractivity contribution >= 4 is 11.9 Å². The van der Waals surface area contributed by atoms with Crippen LogP contribution in [0.5, 0.6) is 0 Å². The molecule has 162 valence electrons. The normalized spacial score (nSPS) is 37.2. The molecular weight excluding hydrogens is 368 g/mol. The Labute approximate surface area is 174 Å². The maximum atomic E-state index is 12.8. The largest absolute Gasteiger partial charge is 0.456 e. The van der Waals surface area contributed by atoms with E-state index in [9.17, 15) is 9.59 Å². The van der Waals surface area contributed by atoms with Crippen LogP contribution in [-0.2, 0) is 23.8 Å². The number of esters is 2. The smallest absolute Gasteiger partial charge is 0.333 e. The Morgan fingerprint density at radius 2 is 1.72 bits per heavy atom. The van der Waals surface area contributed by atoms with E-state index in [0.717, 1.165) is 44.9 Å². The Kier molecular flexibility index (Phi) is 5.80. The van der Waals surface area contributed by atoms with Crippen molar-refractivity contribution in [1.29, 1.82) is 0 Å². The van der Waals surface area contributed by atoms with Crippen molar-refractivity contribution < 1.29 is 23.8 Å². The molecule has 4 bridgehead atoms. The number of carbonyl (C=O) groups excluding carboxylic acids is 2. The third-order valence-electron chi connectivity index (χ3n) is 7.54. The average molecular weight is 405 g/mol. The zero-order valence-corrected chi connectivity index (χ0v) is 18.0. The molecule has 0 heterocycles. The highest BCUT2D eigenvalue weighted by atomic mass is 16.7. The zero-order chi connectivity index (χ0) is 20.6. The summed E-state index contributed by atoms with van der Waals surface area (Å²) in [4.78, 5) is 25.0. The lowest BCUT2D eigenvalue weighted by molar-refractivity contribution is -0.208. The van der Waals surface area contributed by atoms with E-state index in [1.165, 1.54) is 25.7 Å². The molecule has 5 saturated carbocycles. The highest BCUT2D eigenvalue weighted by Gasteiger charge is 2.60. The van der Waals surface area contributed by atoms with Gasteiger partial charge >= 0.3 is 11.9 Å². The van der Waals surface area contributed by atoms with E-state index in [1.807, 2.05) is 6.92 Å². The van der Waals surface area contributed by atoms with Crippen LogP contribution in [0.4, 0.5) is 0 Å². The Morgan fingerprint density at radius 1 is 1.07 bits per heavy atom. The summed E-state index contributed by atoms with van der Waals surface area (Å²) in [7, 11) is 0. The predicted octanol–water partition coefficient (Wildman–Crippen LogP) is 5.07. The molecule has 0 saturated heterocycles. The van der Waals surface area contributed by atoms with Gasteiger partial charge in [0.1, 0.15) is 5.60 Å². The molecule has 5 aliphatic rings. The number of hydrogen-bond acceptors (Lipinski definition) is 5. The minimum absolute atomic E-state index is 0.0962. The fraction of sp³-hybridized carbons (Fsp3) is 0.833. The van der Waals surface area contributed by atoms with Crippen molar-refractivity contribution in [3.05, 3.63) is 12.2 Å². The number of rotatable bonds is 7. The zero-order valence-electron chi connectivity index (χ0n) is 18.0. The van der Waals surface area contributed by atoms with Crippen LogP contribution in [0.15, 0.2) is 12.2 Å². The third-order valence-corrected chi connectivity index (χ3v) is 7.54. The molecule has 0 aromatic rings. The van der Waals surface area contributed by atoms with Gasteiger partial charge in [-0.15, -0.1) is 0 Å². The van der Waals surface area contributed by atoms with Gasteiger partial charge in [-0.05, 0) is 82.5 Å². The van der Waals surface area contributed by atoms with Crippen molar-refractivity contribution in [3.8, 4) is 0 Å². The average Bonchev–Trinajstić information content (AvgIpc) is 2.59. The molecule has 0 N–H and O–H groups in total. The maximum Gasteiger partial charge on any atom is 0.333 e. The van der Waals surface area contributed by atoms with Gasteiger partial charge in [0.15, 0.2) is 6.29 Å². The van der Waals surface area contributed by atoms with E-state index in [0.29, 0.717) is 23.8 Å². The van der Waals surface area contributed by atoms with Crippen LogP contribution in [-0.4, -0.2) is 29.9 Å². The lowest BCUT2D eigenvalue weighted by Crippen LogP contribution is -2.58. The molecule has 5 heteroatoms. The van der Waals surface area contributed by atoms with Crippen LogP contribution in [0.25, 0.3) is 0 Å². The molecule has 5 aliphatic carbocycles. The molecule has 0 aromatic carbocycles. The predicted molar refractivity (Wildman–Crippen MR) is 109 cm³/mol. The monoisotopic (exact) mass is 404 g/mol. The standard InChI is InChI=1S/C24H36O5/c1-16(2)22(26)29-24-12-18-9-19(13-24)11-23(10-18,15-24)14-21(25)28-17(3)27-20-7-5-4-6-8-20/h17-20H,1,4-15H2,2-3H3/t17?,18-,19+,23?,24?. The van der Waals surface area contributed by atoms with E-state index >= 15 is 0 Å². The molecule has 29 heavy (non-hydrogen) atoms. The van der Waals surface area contributed by atoms with Gasteiger partial charge < -0.3 is 14.2 Å². The molecule has 0 aromatic heterocycles. The van der Waals surface area contributed by atoms with Crippen LogP contribution >= 0.6 is 0 Å². The van der Waals surface area contributed by atoms with Gasteiger partial charge in [0.2, 0.25) is 0 Å². The first-order valence-corrected chi connectivity index (χ1v) is 11.5. The van der Waals surface area contributed by atoms with Crippen molar-refractivity contribution in [2.24, 2.45) is 17.3 Å². The molecule has 5 atom stereocenters. The highest BCUT2D eigenvalue weighted by Crippen LogP contribution is 2.64. The number of ether oxygens (including phenoxy) is 3. The van der Waals surface area contributed by atoms with Gasteiger partial charge in [-0.3, -0.25) is 4.79 Å². The van der Waals surface area contributed by atoms with Crippen LogP contribution in [0.3, 0.4) is 0 Å². The minimum atomic E-state index is -0.491. The second-order valence-electron chi connectivity index (χ2n) is 10.4. The van der Waals surface area contributed by atoms with Gasteiger partial charge in [-0.2, -0.15) is 0 Å². The molecular formula is C24H36O5. The van der Waals surface area contributed by atoms with E-state index in [4.69, 9.17) is 14.2 Å². The fourth-order valence-electron chi connectivity index (χ4n) is 7.01. The molecule has 5 fully saturated rings. The quantitative estimate of drug-likeness (QED) is 0.337. The summed E-state index contributed by atoms with van der Waals surface area (Å²) in [5, 5.41) is 0. The van der Waals surface area contributed by atoms with Crippen LogP contribution < -0.4 is 0 Å². The summed E-state index contributed by atoms with van der Waals surface area (Å²) in [5.74, 6) is 0.617. The summed E-state index contributed by atoms with van der Waals surface area (Å²) in [5.41, 5.74) is -0.0611. The van der Waals surface area contributed by atoms with Gasteiger partial charge in [0, 0.05) is 5.57 Å². The second-order valence-corrected chi connectivity index (χ2v) is 10.4. The second kappa shape index (κ2) is 8.05. The summed E-state index contributed by atoms with van der Waals surface area (Å²) in [6, 6.07) is 0. The van der Waals surface area contributed by atoms with E-state index < -0.39 is 11.9 Å². The Bertz CT molecular complexity index is 648. The Balaban J connectivity index is 1.37. The van der Waals surface area contributed by atoms with E-state index in [-0.39, 0.29) is 23.5 Å². The first-order valence-electron chi connectivity index (χ1n) is 11.5. The highest BCUT2D eigenvalue weighted by molar-refractivity contribution is 5.87. The van der Waals surface area contributed by atoms with E-state index in [2.05, 4.69) is 6.58 Å². The molecule has 5 rings (SSSR count). The van der Waals surface area contributed by atoms with Gasteiger partial charge in [0.05, 0.1) is 12.5 Å². The summed E-state index contributed by atoms with van der Waals surface area (Å²) < 4.78 is 17.6. The molecule has 5 nitrogen and oxygen atoms in total. The number of carbonyl (C=O) groups is 2. The third kappa shape index (κ3) is 4.70. The van der Waals surface area contributed by atoms with Crippen molar-refractivity contribution in [2.45, 2.75) is 109 Å². The summed E-state index contributed by atoms with van der Waals surface area (Å²) in [6.45, 7) is 7.27. The van der Waals surface area contributed by atoms with E-state index in [1.54, 1.807) is 6.92 Å². The Morgan fingerprint density at radius 3 is 2.34 bits per heavy atom. The fourth-order valence-corrected chi connectivity index (χ4v) is 7.01. The minimum Gasteiger partial charge on any atom is -0.456 e. The molecule has 0 spiro atoms. The molecule has 0 radical (unpaired) electrons. The van der Waals surface area contributed by atoms with Gasteiger partial charge in [-0.25, -0.2) is 4.79 Å². The first-order chi connectivity index (χ1) is 13.8. The molecule has 0 amide bonds. The van der Waals surface area contributed by atoms with Gasteiger partial charge in [-0.1, -0.05) is 25.8 Å². The van der Waals surface area contributed by atoms with Crippen LogP contribution in [0.1, 0.15) is 90.9 Å². The van der Waals surface area contributed by atoms with Gasteiger partial charge in [0.25, 0.3) is 0 Å². The Hall–Kier alpha value is -1.36. The van der Waals surface area contributed by atoms with Crippen molar-refractivity contribution in [3.63, 3.8) is 0 Å². The first kappa shape index (κ1) is 20.9. The summed E-state index contributed by atoms with van der Waals surface area (Å²) >= 11 is 0. The molecule has 0 aliphatic heterocycles. The van der Waals surface area contributed by atoms with Crippen molar-refractivity contribution in [2.75, 3.05) is 0 Å². The van der Waals surface area contributed by atoms with Crippen LogP contribution in [0.2, 0.25) is 0 Å². The molecule has 3 unspecified atom stereocenters. The lowest BCUT2D eigenvalue weighted by atomic mass is 9.47. The topological polar surface area (TPSA) is 61.8 Å². The van der Waals surface area contributed by atoms with Crippen molar-refractivity contribution in [1.82, 2.24) is 0 Å². The summed E-state index contributed by atoms with van der Waals surface area (Å²) in [6.07, 6.45) is 11.9.